The molecular formula is C11H17FN2. The van der Waals surface area contributed by atoms with Gasteiger partial charge in [0.2, 0.25) is 0 Å². The maximum Gasteiger partial charge on any atom is 0.128 e. The van der Waals surface area contributed by atoms with Crippen LogP contribution in [0.25, 0.3) is 0 Å². The summed E-state index contributed by atoms with van der Waals surface area (Å²) in [6, 6.07) is 3.10. The van der Waals surface area contributed by atoms with E-state index in [1.54, 1.807) is 13.0 Å². The van der Waals surface area contributed by atoms with Crippen molar-refractivity contribution in [1.82, 2.24) is 0 Å². The van der Waals surface area contributed by atoms with E-state index in [-0.39, 0.29) is 5.82 Å². The Morgan fingerprint density at radius 3 is 2.64 bits per heavy atom. The molecule has 1 aromatic carbocycles. The van der Waals surface area contributed by atoms with Crippen molar-refractivity contribution in [3.05, 3.63) is 23.5 Å². The maximum absolute atomic E-state index is 13.1. The molecule has 14 heavy (non-hydrogen) atoms. The van der Waals surface area contributed by atoms with Crippen molar-refractivity contribution in [2.75, 3.05) is 17.6 Å². The third-order valence-electron chi connectivity index (χ3n) is 2.03. The molecule has 0 amide bonds. The van der Waals surface area contributed by atoms with Gasteiger partial charge in [0.25, 0.3) is 0 Å². The zero-order chi connectivity index (χ0) is 10.7. The Bertz CT molecular complexity index is 321. The van der Waals surface area contributed by atoms with Gasteiger partial charge in [-0.05, 0) is 30.5 Å². The maximum atomic E-state index is 13.1. The van der Waals surface area contributed by atoms with E-state index in [2.05, 4.69) is 19.2 Å². The van der Waals surface area contributed by atoms with Crippen molar-refractivity contribution in [3.8, 4) is 0 Å². The highest BCUT2D eigenvalue weighted by Gasteiger charge is 2.04. The third-order valence-corrected chi connectivity index (χ3v) is 2.03. The van der Waals surface area contributed by atoms with Crippen molar-refractivity contribution in [1.29, 1.82) is 0 Å². The number of nitrogen functional groups attached to an aromatic ring is 1. The van der Waals surface area contributed by atoms with Gasteiger partial charge in [0.1, 0.15) is 5.82 Å². The van der Waals surface area contributed by atoms with Crippen LogP contribution in [0.4, 0.5) is 15.8 Å². The normalized spacial score (nSPS) is 10.6. The highest BCUT2D eigenvalue weighted by Crippen LogP contribution is 2.22. The predicted molar refractivity (Wildman–Crippen MR) is 58.9 cm³/mol. The van der Waals surface area contributed by atoms with Crippen LogP contribution >= 0.6 is 0 Å². The molecule has 0 atom stereocenters. The first-order valence-electron chi connectivity index (χ1n) is 4.80. The first kappa shape index (κ1) is 10.8. The summed E-state index contributed by atoms with van der Waals surface area (Å²) >= 11 is 0. The van der Waals surface area contributed by atoms with Crippen molar-refractivity contribution in [3.63, 3.8) is 0 Å². The lowest BCUT2D eigenvalue weighted by Gasteiger charge is -2.12. The van der Waals surface area contributed by atoms with Crippen molar-refractivity contribution in [2.45, 2.75) is 20.8 Å². The number of nitrogens with two attached hydrogens (primary N) is 1. The molecule has 0 heterocycles. The minimum atomic E-state index is -0.252. The molecule has 3 heteroatoms. The summed E-state index contributed by atoms with van der Waals surface area (Å²) in [7, 11) is 0. The largest absolute Gasteiger partial charge is 0.397 e. The van der Waals surface area contributed by atoms with Crippen LogP contribution in [-0.4, -0.2) is 6.54 Å². The number of anilines is 2. The molecule has 78 valence electrons. The quantitative estimate of drug-likeness (QED) is 0.729. The summed E-state index contributed by atoms with van der Waals surface area (Å²) in [5, 5.41) is 3.19. The van der Waals surface area contributed by atoms with Gasteiger partial charge in [0.15, 0.2) is 0 Å². The van der Waals surface area contributed by atoms with Gasteiger partial charge in [-0.1, -0.05) is 13.8 Å². The molecule has 1 aromatic rings. The number of rotatable bonds is 3. The Morgan fingerprint density at radius 2 is 2.07 bits per heavy atom. The number of benzene rings is 1. The van der Waals surface area contributed by atoms with Gasteiger partial charge >= 0.3 is 0 Å². The molecule has 0 saturated carbocycles. The standard InChI is InChI=1S/C11H17FN2/c1-7(2)6-14-11-4-8(3)9(12)5-10(11)13/h4-5,7,14H,6,13H2,1-3H3. The topological polar surface area (TPSA) is 38.0 Å². The summed E-state index contributed by atoms with van der Waals surface area (Å²) in [6.45, 7) is 6.80. The van der Waals surface area contributed by atoms with Crippen LogP contribution in [0.2, 0.25) is 0 Å². The molecule has 0 aliphatic heterocycles. The van der Waals surface area contributed by atoms with E-state index in [1.807, 2.05) is 0 Å². The molecule has 0 aliphatic rings. The Kier molecular flexibility index (Phi) is 3.33. The van der Waals surface area contributed by atoms with Crippen LogP contribution in [0, 0.1) is 18.7 Å². The third kappa shape index (κ3) is 2.62. The summed E-state index contributed by atoms with van der Waals surface area (Å²) < 4.78 is 13.1. The lowest BCUT2D eigenvalue weighted by atomic mass is 10.1. The highest BCUT2D eigenvalue weighted by molar-refractivity contribution is 5.67. The Balaban J connectivity index is 2.82. The second-order valence-corrected chi connectivity index (χ2v) is 3.96. The van der Waals surface area contributed by atoms with E-state index >= 15 is 0 Å². The van der Waals surface area contributed by atoms with Crippen LogP contribution in [0.15, 0.2) is 12.1 Å². The van der Waals surface area contributed by atoms with Crippen LogP contribution in [0.3, 0.4) is 0 Å². The molecule has 0 fully saturated rings. The Labute approximate surface area is 84.3 Å². The Morgan fingerprint density at radius 1 is 1.43 bits per heavy atom. The highest BCUT2D eigenvalue weighted by atomic mass is 19.1. The van der Waals surface area contributed by atoms with Gasteiger partial charge in [-0.3, -0.25) is 0 Å². The summed E-state index contributed by atoms with van der Waals surface area (Å²) in [5.41, 5.74) is 7.57. The van der Waals surface area contributed by atoms with Gasteiger partial charge in [0, 0.05) is 6.54 Å². The first-order chi connectivity index (χ1) is 6.50. The molecule has 0 spiro atoms. The number of halogens is 1. The summed E-state index contributed by atoms with van der Waals surface area (Å²) in [6.07, 6.45) is 0. The SMILES string of the molecule is Cc1cc(NCC(C)C)c(N)cc1F. The van der Waals surface area contributed by atoms with E-state index in [0.29, 0.717) is 17.2 Å². The molecule has 0 saturated heterocycles. The monoisotopic (exact) mass is 196 g/mol. The fourth-order valence-electron chi connectivity index (χ4n) is 1.16. The molecule has 0 aliphatic carbocycles. The number of nitrogens with one attached hydrogen (secondary N) is 1. The zero-order valence-electron chi connectivity index (χ0n) is 8.89. The van der Waals surface area contributed by atoms with Gasteiger partial charge < -0.3 is 11.1 Å². The smallest absolute Gasteiger partial charge is 0.128 e. The number of hydrogen-bond acceptors (Lipinski definition) is 2. The number of aryl methyl sites for hydroxylation is 1. The average Bonchev–Trinajstić information content (AvgIpc) is 2.09. The molecule has 0 bridgehead atoms. The molecule has 2 nitrogen and oxygen atoms in total. The van der Waals surface area contributed by atoms with Gasteiger partial charge in [0.05, 0.1) is 11.4 Å². The minimum absolute atomic E-state index is 0.252. The van der Waals surface area contributed by atoms with Crippen LogP contribution in [-0.2, 0) is 0 Å². The van der Waals surface area contributed by atoms with Crippen molar-refractivity contribution >= 4 is 11.4 Å². The van der Waals surface area contributed by atoms with E-state index in [9.17, 15) is 4.39 Å². The molecular weight excluding hydrogens is 179 g/mol. The van der Waals surface area contributed by atoms with Gasteiger partial charge in [-0.15, -0.1) is 0 Å². The van der Waals surface area contributed by atoms with Crippen molar-refractivity contribution < 1.29 is 4.39 Å². The second kappa shape index (κ2) is 4.31. The fraction of sp³-hybridized carbons (Fsp3) is 0.455. The van der Waals surface area contributed by atoms with Gasteiger partial charge in [-0.2, -0.15) is 0 Å². The number of hydrogen-bond donors (Lipinski definition) is 2. The molecule has 0 aromatic heterocycles. The van der Waals surface area contributed by atoms with Crippen molar-refractivity contribution in [2.24, 2.45) is 5.92 Å². The molecule has 0 radical (unpaired) electrons. The van der Waals surface area contributed by atoms with E-state index in [4.69, 9.17) is 5.73 Å². The first-order valence-corrected chi connectivity index (χ1v) is 4.80. The average molecular weight is 196 g/mol. The fourth-order valence-corrected chi connectivity index (χ4v) is 1.16. The van der Waals surface area contributed by atoms with E-state index < -0.39 is 0 Å². The van der Waals surface area contributed by atoms with Crippen LogP contribution < -0.4 is 11.1 Å². The zero-order valence-corrected chi connectivity index (χ0v) is 8.89. The molecule has 0 unspecified atom stereocenters. The predicted octanol–water partition coefficient (Wildman–Crippen LogP) is 2.78. The summed E-state index contributed by atoms with van der Waals surface area (Å²) in [5.74, 6) is 0.289. The van der Waals surface area contributed by atoms with E-state index in [1.165, 1.54) is 6.07 Å². The van der Waals surface area contributed by atoms with E-state index in [0.717, 1.165) is 12.2 Å². The Hall–Kier alpha value is -1.25. The summed E-state index contributed by atoms with van der Waals surface area (Å²) in [4.78, 5) is 0. The van der Waals surface area contributed by atoms with Crippen LogP contribution in [0.5, 0.6) is 0 Å². The lowest BCUT2D eigenvalue weighted by molar-refractivity contribution is 0.619. The molecule has 3 N–H and O–H groups in total. The second-order valence-electron chi connectivity index (χ2n) is 3.96. The molecule has 1 rings (SSSR count). The minimum Gasteiger partial charge on any atom is -0.397 e. The van der Waals surface area contributed by atoms with Crippen LogP contribution in [0.1, 0.15) is 19.4 Å². The lowest BCUT2D eigenvalue weighted by Crippen LogP contribution is -2.10. The van der Waals surface area contributed by atoms with Gasteiger partial charge in [-0.25, -0.2) is 4.39 Å².